The molecule has 3 rings (SSSR count). The number of halogens is 1. The number of benzene rings is 2. The predicted molar refractivity (Wildman–Crippen MR) is 80.7 cm³/mol. The minimum Gasteiger partial charge on any atom is -0.319 e. The molecule has 0 bridgehead atoms. The quantitative estimate of drug-likeness (QED) is 0.800. The largest absolute Gasteiger partial charge is 0.319 e. The highest BCUT2D eigenvalue weighted by Gasteiger charge is 2.14. The molecular weight excluding hydrogens is 265 g/mol. The molecular formula is C17H16FN3. The molecule has 0 saturated heterocycles. The molecule has 0 spiro atoms. The molecule has 4 heteroatoms. The van der Waals surface area contributed by atoms with Crippen molar-refractivity contribution in [3.8, 4) is 5.69 Å². The molecule has 0 fully saturated rings. The zero-order chi connectivity index (χ0) is 14.8. The highest BCUT2D eigenvalue weighted by Crippen LogP contribution is 2.21. The number of hydrogen-bond acceptors (Lipinski definition) is 2. The maximum Gasteiger partial charge on any atom is 0.123 e. The van der Waals surface area contributed by atoms with E-state index in [0.29, 0.717) is 5.69 Å². The van der Waals surface area contributed by atoms with Gasteiger partial charge in [-0.2, -0.15) is 5.10 Å². The van der Waals surface area contributed by atoms with Crippen molar-refractivity contribution in [1.82, 2.24) is 9.78 Å². The molecule has 106 valence electrons. The van der Waals surface area contributed by atoms with Crippen LogP contribution in [0.5, 0.6) is 0 Å². The molecule has 3 aromatic rings. The molecule has 21 heavy (non-hydrogen) atoms. The van der Waals surface area contributed by atoms with E-state index in [2.05, 4.69) is 5.10 Å². The minimum absolute atomic E-state index is 0.275. The summed E-state index contributed by atoms with van der Waals surface area (Å²) >= 11 is 0. The summed E-state index contributed by atoms with van der Waals surface area (Å²) in [6.45, 7) is 1.85. The Kier molecular flexibility index (Phi) is 3.54. The summed E-state index contributed by atoms with van der Waals surface area (Å²) in [4.78, 5) is 0. The topological polar surface area (TPSA) is 43.8 Å². The van der Waals surface area contributed by atoms with Crippen molar-refractivity contribution in [1.29, 1.82) is 0 Å². The molecule has 0 aliphatic rings. The Balaban J connectivity index is 1.92. The van der Waals surface area contributed by atoms with Crippen molar-refractivity contribution in [3.63, 3.8) is 0 Å². The second kappa shape index (κ2) is 5.50. The van der Waals surface area contributed by atoms with Crippen LogP contribution in [-0.4, -0.2) is 9.78 Å². The third kappa shape index (κ3) is 2.85. The second-order valence-electron chi connectivity index (χ2n) is 5.06. The van der Waals surface area contributed by atoms with E-state index < -0.39 is 6.04 Å². The van der Waals surface area contributed by atoms with Crippen molar-refractivity contribution in [2.24, 2.45) is 5.73 Å². The monoisotopic (exact) mass is 281 g/mol. The molecule has 1 heterocycles. The smallest absolute Gasteiger partial charge is 0.123 e. The van der Waals surface area contributed by atoms with Crippen LogP contribution in [0.1, 0.15) is 22.9 Å². The number of nitrogens with zero attached hydrogens (tertiary/aromatic N) is 2. The lowest BCUT2D eigenvalue weighted by atomic mass is 10.0. The van der Waals surface area contributed by atoms with E-state index in [1.54, 1.807) is 4.68 Å². The van der Waals surface area contributed by atoms with E-state index in [4.69, 9.17) is 5.73 Å². The van der Waals surface area contributed by atoms with Gasteiger partial charge in [0, 0.05) is 6.20 Å². The van der Waals surface area contributed by atoms with Crippen molar-refractivity contribution in [2.45, 2.75) is 13.0 Å². The number of nitrogens with two attached hydrogens (primary N) is 1. The van der Waals surface area contributed by atoms with Crippen molar-refractivity contribution in [2.75, 3.05) is 0 Å². The van der Waals surface area contributed by atoms with E-state index in [9.17, 15) is 4.39 Å². The van der Waals surface area contributed by atoms with Gasteiger partial charge in [0.05, 0.1) is 17.4 Å². The van der Waals surface area contributed by atoms with E-state index in [1.165, 1.54) is 12.1 Å². The highest BCUT2D eigenvalue weighted by atomic mass is 19.1. The second-order valence-corrected chi connectivity index (χ2v) is 5.06. The lowest BCUT2D eigenvalue weighted by Crippen LogP contribution is -2.13. The fourth-order valence-electron chi connectivity index (χ4n) is 2.34. The number of aromatic nitrogens is 2. The normalized spacial score (nSPS) is 12.3. The molecule has 2 N–H and O–H groups in total. The van der Waals surface area contributed by atoms with Crippen LogP contribution in [0.25, 0.3) is 5.69 Å². The molecule has 3 nitrogen and oxygen atoms in total. The molecule has 0 amide bonds. The number of hydrogen-bond donors (Lipinski definition) is 1. The van der Waals surface area contributed by atoms with Gasteiger partial charge in [-0.15, -0.1) is 0 Å². The lowest BCUT2D eigenvalue weighted by molar-refractivity contribution is 0.621. The molecule has 0 aliphatic carbocycles. The van der Waals surface area contributed by atoms with Gasteiger partial charge >= 0.3 is 0 Å². The fraction of sp³-hybridized carbons (Fsp3) is 0.118. The fourth-order valence-corrected chi connectivity index (χ4v) is 2.34. The van der Waals surface area contributed by atoms with Crippen molar-refractivity contribution >= 4 is 0 Å². The van der Waals surface area contributed by atoms with Gasteiger partial charge in [0.15, 0.2) is 0 Å². The Bertz CT molecular complexity index is 729. The van der Waals surface area contributed by atoms with Crippen LogP contribution in [-0.2, 0) is 0 Å². The van der Waals surface area contributed by atoms with Gasteiger partial charge in [-0.25, -0.2) is 9.07 Å². The predicted octanol–water partition coefficient (Wildman–Crippen LogP) is 3.37. The van der Waals surface area contributed by atoms with Gasteiger partial charge in [0.25, 0.3) is 0 Å². The van der Waals surface area contributed by atoms with Gasteiger partial charge in [-0.05, 0) is 48.4 Å². The van der Waals surface area contributed by atoms with Gasteiger partial charge in [0.2, 0.25) is 0 Å². The summed E-state index contributed by atoms with van der Waals surface area (Å²) < 4.78 is 15.3. The highest BCUT2D eigenvalue weighted by molar-refractivity contribution is 5.34. The first-order chi connectivity index (χ1) is 10.1. The Hall–Kier alpha value is -2.46. The third-order valence-corrected chi connectivity index (χ3v) is 3.37. The Morgan fingerprint density at radius 2 is 1.86 bits per heavy atom. The molecule has 1 atom stereocenters. The van der Waals surface area contributed by atoms with Crippen LogP contribution >= 0.6 is 0 Å². The number of para-hydroxylation sites is 1. The third-order valence-electron chi connectivity index (χ3n) is 3.37. The summed E-state index contributed by atoms with van der Waals surface area (Å²) in [5.74, 6) is -0.275. The average molecular weight is 281 g/mol. The van der Waals surface area contributed by atoms with Crippen LogP contribution < -0.4 is 5.73 Å². The first kappa shape index (κ1) is 13.5. The summed E-state index contributed by atoms with van der Waals surface area (Å²) in [6.07, 6.45) is 1.86. The van der Waals surface area contributed by atoms with Crippen LogP contribution in [0.15, 0.2) is 60.8 Å². The zero-order valence-electron chi connectivity index (χ0n) is 11.7. The van der Waals surface area contributed by atoms with Gasteiger partial charge in [-0.3, -0.25) is 0 Å². The first-order valence-electron chi connectivity index (χ1n) is 6.77. The van der Waals surface area contributed by atoms with E-state index in [1.807, 2.05) is 55.6 Å². The maximum absolute atomic E-state index is 13.5. The SMILES string of the molecule is Cc1cc(F)cc(C(N)c2ccn(-c3ccccc3)n2)c1. The first-order valence-corrected chi connectivity index (χ1v) is 6.77. The van der Waals surface area contributed by atoms with Crippen molar-refractivity contribution in [3.05, 3.63) is 83.4 Å². The van der Waals surface area contributed by atoms with E-state index >= 15 is 0 Å². The summed E-state index contributed by atoms with van der Waals surface area (Å²) in [5.41, 5.74) is 9.46. The molecule has 0 aliphatic heterocycles. The Morgan fingerprint density at radius 3 is 2.57 bits per heavy atom. The zero-order valence-corrected chi connectivity index (χ0v) is 11.7. The summed E-state index contributed by atoms with van der Waals surface area (Å²) in [5, 5.41) is 4.49. The van der Waals surface area contributed by atoms with Gasteiger partial charge < -0.3 is 5.73 Å². The number of aryl methyl sites for hydroxylation is 1. The van der Waals surface area contributed by atoms with Crippen LogP contribution in [0.3, 0.4) is 0 Å². The molecule has 2 aromatic carbocycles. The molecule has 0 saturated carbocycles. The van der Waals surface area contributed by atoms with Crippen LogP contribution in [0.4, 0.5) is 4.39 Å². The Labute approximate surface area is 122 Å². The van der Waals surface area contributed by atoms with E-state index in [0.717, 1.165) is 16.8 Å². The van der Waals surface area contributed by atoms with Crippen LogP contribution in [0.2, 0.25) is 0 Å². The minimum atomic E-state index is -0.440. The maximum atomic E-state index is 13.5. The average Bonchev–Trinajstić information content (AvgIpc) is 2.96. The van der Waals surface area contributed by atoms with E-state index in [-0.39, 0.29) is 5.82 Å². The molecule has 1 unspecified atom stereocenters. The standard InChI is InChI=1S/C17H16FN3/c1-12-9-13(11-14(18)10-12)17(19)16-7-8-21(20-16)15-5-3-2-4-6-15/h2-11,17H,19H2,1H3. The summed E-state index contributed by atoms with van der Waals surface area (Å²) in [7, 11) is 0. The van der Waals surface area contributed by atoms with Gasteiger partial charge in [0.1, 0.15) is 5.82 Å². The lowest BCUT2D eigenvalue weighted by Gasteiger charge is -2.10. The molecule has 1 aromatic heterocycles. The van der Waals surface area contributed by atoms with Crippen LogP contribution in [0, 0.1) is 12.7 Å². The summed E-state index contributed by atoms with van der Waals surface area (Å²) in [6, 6.07) is 16.0. The molecule has 0 radical (unpaired) electrons. The van der Waals surface area contributed by atoms with Gasteiger partial charge in [-0.1, -0.05) is 24.3 Å². The van der Waals surface area contributed by atoms with Crippen molar-refractivity contribution < 1.29 is 4.39 Å². The number of rotatable bonds is 3. The Morgan fingerprint density at radius 1 is 1.10 bits per heavy atom.